The van der Waals surface area contributed by atoms with Gasteiger partial charge in [0.25, 0.3) is 0 Å². The fraction of sp³-hybridized carbons (Fsp3) is 0.500. The van der Waals surface area contributed by atoms with Gasteiger partial charge in [-0.15, -0.1) is 23.1 Å². The number of thiazole rings is 1. The first-order chi connectivity index (χ1) is 12.9. The average molecular weight is 429 g/mol. The second-order valence-corrected chi connectivity index (χ2v) is 9.12. The molecule has 4 heterocycles. The first-order valence-corrected chi connectivity index (χ1v) is 10.7. The number of carboxylic acid groups (broad SMARTS) is 1. The molecule has 1 amide bonds. The fourth-order valence-electron chi connectivity index (χ4n) is 4.08. The molecule has 2 aromatic rings. The second-order valence-electron chi connectivity index (χ2n) is 7.01. The van der Waals surface area contributed by atoms with E-state index in [2.05, 4.69) is 11.9 Å². The van der Waals surface area contributed by atoms with Gasteiger partial charge in [-0.25, -0.2) is 4.98 Å². The van der Waals surface area contributed by atoms with Gasteiger partial charge >= 0.3 is 29.6 Å². The zero-order valence-electron chi connectivity index (χ0n) is 16.2. The summed E-state index contributed by atoms with van der Waals surface area (Å²) in [5.41, 5.74) is 0.547. The van der Waals surface area contributed by atoms with Crippen LogP contribution < -0.4 is 34.7 Å². The summed E-state index contributed by atoms with van der Waals surface area (Å²) in [7, 11) is 0. The molecule has 2 aliphatic heterocycles. The zero-order valence-corrected chi connectivity index (χ0v) is 19.8. The van der Waals surface area contributed by atoms with Gasteiger partial charge in [0.1, 0.15) is 16.2 Å². The monoisotopic (exact) mass is 429 g/mol. The normalized spacial score (nSPS) is 24.9. The van der Waals surface area contributed by atoms with Gasteiger partial charge < -0.3 is 19.9 Å². The molecule has 4 rings (SSSR count). The van der Waals surface area contributed by atoms with E-state index in [0.717, 1.165) is 26.9 Å². The summed E-state index contributed by atoms with van der Waals surface area (Å²) >= 11 is 3.15. The number of amides is 1. The van der Waals surface area contributed by atoms with E-state index in [1.165, 1.54) is 16.2 Å². The minimum absolute atomic E-state index is 0. The van der Waals surface area contributed by atoms with Crippen LogP contribution in [0.2, 0.25) is 0 Å². The van der Waals surface area contributed by atoms with Crippen LogP contribution in [-0.2, 0) is 9.59 Å². The van der Waals surface area contributed by atoms with Gasteiger partial charge in [0.2, 0.25) is 5.91 Å². The maximum absolute atomic E-state index is 12.4. The van der Waals surface area contributed by atoms with Crippen LogP contribution in [0.15, 0.2) is 23.2 Å². The summed E-state index contributed by atoms with van der Waals surface area (Å²) in [6.07, 6.45) is 3.82. The third-order valence-electron chi connectivity index (χ3n) is 5.25. The van der Waals surface area contributed by atoms with Crippen LogP contribution in [-0.4, -0.2) is 49.2 Å². The van der Waals surface area contributed by atoms with Crippen molar-refractivity contribution >= 4 is 45.4 Å². The van der Waals surface area contributed by atoms with E-state index in [9.17, 15) is 19.8 Å². The number of aromatic nitrogens is 2. The van der Waals surface area contributed by atoms with Crippen molar-refractivity contribution in [3.8, 4) is 0 Å². The Labute approximate surface area is 193 Å². The molecule has 0 spiro atoms. The van der Waals surface area contributed by atoms with Crippen LogP contribution >= 0.6 is 23.1 Å². The molecule has 0 aromatic carbocycles. The molecular weight excluding hydrogens is 409 g/mol. The first kappa shape index (κ1) is 21.9. The largest absolute Gasteiger partial charge is 1.00 e. The van der Waals surface area contributed by atoms with Crippen molar-refractivity contribution in [2.45, 2.75) is 44.4 Å². The number of carbonyl (C=O) groups is 2. The number of thioether (sulfide) groups is 1. The Morgan fingerprint density at radius 3 is 2.82 bits per heavy atom. The van der Waals surface area contributed by atoms with Gasteiger partial charge in [-0.3, -0.25) is 9.20 Å². The van der Waals surface area contributed by atoms with Gasteiger partial charge in [-0.1, -0.05) is 13.8 Å². The summed E-state index contributed by atoms with van der Waals surface area (Å²) in [4.78, 5) is 31.8. The van der Waals surface area contributed by atoms with Crippen molar-refractivity contribution in [2.75, 3.05) is 5.75 Å². The summed E-state index contributed by atoms with van der Waals surface area (Å²) in [6.45, 7) is 5.59. The van der Waals surface area contributed by atoms with Gasteiger partial charge in [0.05, 0.1) is 34.6 Å². The molecule has 1 N–H and O–H groups in total. The maximum atomic E-state index is 12.4. The summed E-state index contributed by atoms with van der Waals surface area (Å²) in [5, 5.41) is 22.7. The standard InChI is InChI=1S/C18H21N3O4S2.Na/c1-4-5-26-15-17-20(7-19-15)6-10(27-17)11-8(2)13-12(9(3)22)16(23)21(13)14(11)18(24)25;/h6-9,12-13,22H,4-5H2,1-3H3,(H,24,25);/q;+1/p-1/t8-,9+,12+,13+;/m0./s1. The molecule has 7 nitrogen and oxygen atoms in total. The average Bonchev–Trinajstić information content (AvgIpc) is 3.23. The van der Waals surface area contributed by atoms with E-state index in [0.29, 0.717) is 5.57 Å². The number of aliphatic hydroxyl groups is 1. The molecule has 2 aromatic heterocycles. The fourth-order valence-corrected chi connectivity index (χ4v) is 6.25. The quantitative estimate of drug-likeness (QED) is 0.331. The number of β-lactam (4-membered cyclic amide) rings is 1. The number of carbonyl (C=O) groups excluding carboxylic acids is 2. The van der Waals surface area contributed by atoms with Crippen LogP contribution in [0.5, 0.6) is 0 Å². The summed E-state index contributed by atoms with van der Waals surface area (Å²) in [5.74, 6) is -1.51. The molecular formula is C18H20N3NaO4S2. The molecule has 0 aliphatic carbocycles. The number of aliphatic carboxylic acids is 1. The number of hydrogen-bond donors (Lipinski definition) is 1. The number of carboxylic acids is 1. The first-order valence-electron chi connectivity index (χ1n) is 8.93. The van der Waals surface area contributed by atoms with Crippen molar-refractivity contribution in [1.29, 1.82) is 0 Å². The Bertz CT molecular complexity index is 967. The predicted octanol–water partition coefficient (Wildman–Crippen LogP) is -1.78. The Morgan fingerprint density at radius 2 is 2.21 bits per heavy atom. The summed E-state index contributed by atoms with van der Waals surface area (Å²) in [6, 6.07) is -0.339. The molecule has 1 fully saturated rings. The van der Waals surface area contributed by atoms with Crippen LogP contribution in [0.1, 0.15) is 32.1 Å². The predicted molar refractivity (Wildman–Crippen MR) is 101 cm³/mol. The number of imidazole rings is 1. The Kier molecular flexibility index (Phi) is 6.34. The van der Waals surface area contributed by atoms with E-state index >= 15 is 0 Å². The maximum Gasteiger partial charge on any atom is 1.00 e. The zero-order chi connectivity index (χ0) is 19.5. The smallest absolute Gasteiger partial charge is 0.543 e. The second kappa shape index (κ2) is 8.12. The van der Waals surface area contributed by atoms with Crippen molar-refractivity contribution in [3.63, 3.8) is 0 Å². The molecule has 144 valence electrons. The van der Waals surface area contributed by atoms with E-state index in [1.807, 2.05) is 17.5 Å². The Balaban J connectivity index is 0.00000225. The minimum atomic E-state index is -1.35. The van der Waals surface area contributed by atoms with Crippen molar-refractivity contribution < 1.29 is 49.4 Å². The SMILES string of the molecule is CCCSc1ncn2cc(C3=C(C(=O)[O-])N4C(=O)[C@H]([C@@H](C)O)[C@H]4[C@H]3C)sc12.[Na+]. The topological polar surface area (TPSA) is 98.0 Å². The van der Waals surface area contributed by atoms with E-state index in [1.54, 1.807) is 25.0 Å². The Morgan fingerprint density at radius 1 is 1.50 bits per heavy atom. The van der Waals surface area contributed by atoms with Crippen molar-refractivity contribution in [2.24, 2.45) is 11.8 Å². The number of hydrogen-bond acceptors (Lipinski definition) is 7. The Hall–Kier alpha value is -0.840. The van der Waals surface area contributed by atoms with E-state index < -0.39 is 18.0 Å². The van der Waals surface area contributed by atoms with Crippen LogP contribution in [0.3, 0.4) is 0 Å². The number of nitrogens with zero attached hydrogens (tertiary/aromatic N) is 3. The number of fused-ring (bicyclic) bond motifs is 2. The molecule has 0 bridgehead atoms. The van der Waals surface area contributed by atoms with Crippen LogP contribution in [0, 0.1) is 11.8 Å². The van der Waals surface area contributed by atoms with Gasteiger partial charge in [-0.2, -0.15) is 0 Å². The van der Waals surface area contributed by atoms with Gasteiger partial charge in [0, 0.05) is 17.7 Å². The molecule has 1 saturated heterocycles. The third-order valence-corrected chi connectivity index (χ3v) is 7.71. The van der Waals surface area contributed by atoms with Crippen molar-refractivity contribution in [1.82, 2.24) is 14.3 Å². The molecule has 0 unspecified atom stereocenters. The molecule has 28 heavy (non-hydrogen) atoms. The molecule has 2 aliphatic rings. The number of rotatable bonds is 6. The molecule has 0 radical (unpaired) electrons. The van der Waals surface area contributed by atoms with Gasteiger partial charge in [-0.05, 0) is 19.1 Å². The van der Waals surface area contributed by atoms with Crippen LogP contribution in [0.25, 0.3) is 10.4 Å². The third kappa shape index (κ3) is 3.16. The minimum Gasteiger partial charge on any atom is -0.543 e. The van der Waals surface area contributed by atoms with E-state index in [4.69, 9.17) is 0 Å². The number of aliphatic hydroxyl groups excluding tert-OH is 1. The van der Waals surface area contributed by atoms with Gasteiger partial charge in [0.15, 0.2) is 0 Å². The van der Waals surface area contributed by atoms with Crippen LogP contribution in [0.4, 0.5) is 0 Å². The molecule has 10 heteroatoms. The summed E-state index contributed by atoms with van der Waals surface area (Å²) < 4.78 is 1.90. The molecule has 4 atom stereocenters. The van der Waals surface area contributed by atoms with Crippen molar-refractivity contribution in [3.05, 3.63) is 23.1 Å². The molecule has 0 saturated carbocycles. The van der Waals surface area contributed by atoms with E-state index in [-0.39, 0.29) is 53.1 Å².